The van der Waals surface area contributed by atoms with E-state index in [0.717, 1.165) is 19.5 Å². The summed E-state index contributed by atoms with van der Waals surface area (Å²) < 4.78 is 0. The van der Waals surface area contributed by atoms with Gasteiger partial charge in [0.15, 0.2) is 0 Å². The molecule has 0 amide bonds. The van der Waals surface area contributed by atoms with Gasteiger partial charge in [-0.1, -0.05) is 12.2 Å². The Balaban J connectivity index is 1.66. The summed E-state index contributed by atoms with van der Waals surface area (Å²) in [6.07, 6.45) is 7.30. The van der Waals surface area contributed by atoms with Gasteiger partial charge >= 0.3 is 0 Å². The molecule has 1 aliphatic rings. The number of nitrogens with one attached hydrogen (secondary N) is 1. The minimum Gasteiger partial charge on any atom is -0.324 e. The molecule has 0 radical (unpaired) electrons. The molecule has 0 aromatic carbocycles. The molecule has 1 aromatic rings. The van der Waals surface area contributed by atoms with Gasteiger partial charge in [-0.15, -0.1) is 11.3 Å². The number of hydrogen-bond donors (Lipinski definition) is 2. The Labute approximate surface area is 88.0 Å². The van der Waals surface area contributed by atoms with Crippen molar-refractivity contribution in [1.82, 2.24) is 10.3 Å². The zero-order valence-electron chi connectivity index (χ0n) is 8.02. The van der Waals surface area contributed by atoms with Gasteiger partial charge in [-0.2, -0.15) is 0 Å². The predicted octanol–water partition coefficient (Wildman–Crippen LogP) is 1.14. The van der Waals surface area contributed by atoms with Crippen LogP contribution in [-0.4, -0.2) is 17.6 Å². The normalized spacial score (nSPS) is 25.8. The maximum atomic E-state index is 5.77. The summed E-state index contributed by atoms with van der Waals surface area (Å²) >= 11 is 1.69. The first kappa shape index (κ1) is 9.83. The van der Waals surface area contributed by atoms with Gasteiger partial charge in [0, 0.05) is 30.2 Å². The Morgan fingerprint density at radius 3 is 3.14 bits per heavy atom. The first-order valence-electron chi connectivity index (χ1n) is 4.86. The van der Waals surface area contributed by atoms with Crippen molar-refractivity contribution < 1.29 is 0 Å². The molecule has 3 N–H and O–H groups in total. The van der Waals surface area contributed by atoms with E-state index in [2.05, 4.69) is 22.5 Å². The molecule has 14 heavy (non-hydrogen) atoms. The van der Waals surface area contributed by atoms with Crippen LogP contribution in [0.5, 0.6) is 0 Å². The van der Waals surface area contributed by atoms with Crippen LogP contribution in [0.2, 0.25) is 0 Å². The summed E-state index contributed by atoms with van der Waals surface area (Å²) in [4.78, 5) is 5.32. The molecule has 0 bridgehead atoms. The zero-order valence-corrected chi connectivity index (χ0v) is 8.83. The molecule has 2 rings (SSSR count). The summed E-state index contributed by atoms with van der Waals surface area (Å²) in [6.45, 7) is 1.94. The monoisotopic (exact) mass is 209 g/mol. The fraction of sp³-hybridized carbons (Fsp3) is 0.500. The first-order valence-corrected chi connectivity index (χ1v) is 5.74. The third kappa shape index (κ3) is 2.64. The topological polar surface area (TPSA) is 50.9 Å². The maximum absolute atomic E-state index is 5.77. The Hall–Kier alpha value is -0.710. The van der Waals surface area contributed by atoms with Crippen LogP contribution in [0, 0.1) is 5.92 Å². The average Bonchev–Trinajstić information content (AvgIpc) is 2.77. The minimum absolute atomic E-state index is 0.269. The molecule has 1 aliphatic carbocycles. The fourth-order valence-electron chi connectivity index (χ4n) is 1.67. The van der Waals surface area contributed by atoms with E-state index in [1.807, 2.05) is 11.7 Å². The molecule has 3 nitrogen and oxygen atoms in total. The lowest BCUT2D eigenvalue weighted by Crippen LogP contribution is -2.23. The van der Waals surface area contributed by atoms with E-state index < -0.39 is 0 Å². The van der Waals surface area contributed by atoms with Crippen LogP contribution in [0.3, 0.4) is 0 Å². The highest BCUT2D eigenvalue weighted by Gasteiger charge is 2.14. The molecular formula is C10H15N3S. The molecule has 2 atom stereocenters. The van der Waals surface area contributed by atoms with Gasteiger partial charge in [0.05, 0.1) is 5.51 Å². The SMILES string of the molecule is NC1C=CC(CNCc2cncs2)C1. The molecule has 4 heteroatoms. The second-order valence-electron chi connectivity index (χ2n) is 3.64. The van der Waals surface area contributed by atoms with Gasteiger partial charge in [0.1, 0.15) is 0 Å². The van der Waals surface area contributed by atoms with Crippen molar-refractivity contribution in [1.29, 1.82) is 0 Å². The van der Waals surface area contributed by atoms with Crippen LogP contribution in [0.25, 0.3) is 0 Å². The van der Waals surface area contributed by atoms with Gasteiger partial charge < -0.3 is 11.1 Å². The van der Waals surface area contributed by atoms with Crippen molar-refractivity contribution in [2.24, 2.45) is 11.7 Å². The Morgan fingerprint density at radius 2 is 2.50 bits per heavy atom. The fourth-order valence-corrected chi connectivity index (χ4v) is 2.23. The van der Waals surface area contributed by atoms with Crippen molar-refractivity contribution >= 4 is 11.3 Å². The van der Waals surface area contributed by atoms with Gasteiger partial charge in [-0.25, -0.2) is 0 Å². The molecule has 0 saturated heterocycles. The largest absolute Gasteiger partial charge is 0.324 e. The molecule has 0 aliphatic heterocycles. The van der Waals surface area contributed by atoms with E-state index in [-0.39, 0.29) is 6.04 Å². The number of hydrogen-bond acceptors (Lipinski definition) is 4. The number of nitrogens with two attached hydrogens (primary N) is 1. The molecule has 0 spiro atoms. The van der Waals surface area contributed by atoms with Crippen LogP contribution in [0.1, 0.15) is 11.3 Å². The third-order valence-corrected chi connectivity index (χ3v) is 3.17. The summed E-state index contributed by atoms with van der Waals surface area (Å²) in [6, 6.07) is 0.269. The Bertz CT molecular complexity index is 294. The molecule has 0 saturated carbocycles. The molecular weight excluding hydrogens is 194 g/mol. The van der Waals surface area contributed by atoms with E-state index in [1.54, 1.807) is 11.3 Å². The molecule has 2 unspecified atom stereocenters. The lowest BCUT2D eigenvalue weighted by Gasteiger charge is -2.09. The quantitative estimate of drug-likeness (QED) is 0.731. The third-order valence-electron chi connectivity index (χ3n) is 2.39. The van der Waals surface area contributed by atoms with Gasteiger partial charge in [-0.3, -0.25) is 4.98 Å². The average molecular weight is 209 g/mol. The number of nitrogens with zero attached hydrogens (tertiary/aromatic N) is 1. The number of thiazole rings is 1. The smallest absolute Gasteiger partial charge is 0.0794 e. The van der Waals surface area contributed by atoms with Crippen molar-refractivity contribution in [2.45, 2.75) is 19.0 Å². The van der Waals surface area contributed by atoms with Crippen LogP contribution >= 0.6 is 11.3 Å². The molecule has 1 aromatic heterocycles. The highest BCUT2D eigenvalue weighted by molar-refractivity contribution is 7.09. The van der Waals surface area contributed by atoms with Crippen LogP contribution < -0.4 is 11.1 Å². The molecule has 1 heterocycles. The Morgan fingerprint density at radius 1 is 1.57 bits per heavy atom. The molecule has 76 valence electrons. The summed E-state index contributed by atoms with van der Waals surface area (Å²) in [5.74, 6) is 0.609. The van der Waals surface area contributed by atoms with Gasteiger partial charge in [0.2, 0.25) is 0 Å². The predicted molar refractivity (Wildman–Crippen MR) is 59.0 cm³/mol. The van der Waals surface area contributed by atoms with Crippen molar-refractivity contribution in [3.8, 4) is 0 Å². The van der Waals surface area contributed by atoms with Crippen LogP contribution in [0.4, 0.5) is 0 Å². The number of rotatable bonds is 4. The summed E-state index contributed by atoms with van der Waals surface area (Å²) in [5.41, 5.74) is 7.63. The number of aromatic nitrogens is 1. The van der Waals surface area contributed by atoms with E-state index in [1.165, 1.54) is 4.88 Å². The van der Waals surface area contributed by atoms with E-state index in [0.29, 0.717) is 5.92 Å². The minimum atomic E-state index is 0.269. The summed E-state index contributed by atoms with van der Waals surface area (Å²) in [5, 5.41) is 3.41. The van der Waals surface area contributed by atoms with Crippen molar-refractivity contribution in [3.05, 3.63) is 28.7 Å². The van der Waals surface area contributed by atoms with Crippen LogP contribution in [-0.2, 0) is 6.54 Å². The second-order valence-corrected chi connectivity index (χ2v) is 4.61. The lowest BCUT2D eigenvalue weighted by atomic mass is 10.1. The van der Waals surface area contributed by atoms with Crippen molar-refractivity contribution in [3.63, 3.8) is 0 Å². The van der Waals surface area contributed by atoms with E-state index >= 15 is 0 Å². The maximum Gasteiger partial charge on any atom is 0.0794 e. The Kier molecular flexibility index (Phi) is 3.29. The second kappa shape index (κ2) is 4.68. The highest BCUT2D eigenvalue weighted by Crippen LogP contribution is 2.15. The van der Waals surface area contributed by atoms with Crippen LogP contribution in [0.15, 0.2) is 23.9 Å². The van der Waals surface area contributed by atoms with Gasteiger partial charge in [0.25, 0.3) is 0 Å². The van der Waals surface area contributed by atoms with Gasteiger partial charge in [-0.05, 0) is 12.3 Å². The van der Waals surface area contributed by atoms with E-state index in [4.69, 9.17) is 5.73 Å². The first-order chi connectivity index (χ1) is 6.84. The molecule has 0 fully saturated rings. The summed E-state index contributed by atoms with van der Waals surface area (Å²) in [7, 11) is 0. The van der Waals surface area contributed by atoms with E-state index in [9.17, 15) is 0 Å². The van der Waals surface area contributed by atoms with Crippen molar-refractivity contribution in [2.75, 3.05) is 6.54 Å². The zero-order chi connectivity index (χ0) is 9.80. The highest BCUT2D eigenvalue weighted by atomic mass is 32.1. The standard InChI is InChI=1S/C10H15N3S/c11-9-2-1-8(3-9)4-12-5-10-6-13-7-14-10/h1-2,6-9,12H,3-5,11H2. The lowest BCUT2D eigenvalue weighted by molar-refractivity contribution is 0.529.